The van der Waals surface area contributed by atoms with E-state index in [4.69, 9.17) is 0 Å². The Morgan fingerprint density at radius 3 is 3.05 bits per heavy atom. The second-order valence-electron chi connectivity index (χ2n) is 5.26. The number of aromatic nitrogens is 2. The van der Waals surface area contributed by atoms with Crippen molar-refractivity contribution < 1.29 is 4.79 Å². The van der Waals surface area contributed by atoms with Gasteiger partial charge in [-0.1, -0.05) is 13.3 Å². The maximum Gasteiger partial charge on any atom is 0.234 e. The summed E-state index contributed by atoms with van der Waals surface area (Å²) in [6.07, 6.45) is 8.50. The molecule has 0 saturated carbocycles. The molecule has 1 atom stereocenters. The molecular weight excluding hydrogens is 240 g/mol. The molecule has 1 aliphatic heterocycles. The number of nitrogens with zero attached hydrogens (tertiary/aromatic N) is 3. The molecule has 0 spiro atoms. The Morgan fingerprint density at radius 2 is 2.37 bits per heavy atom. The molecule has 0 radical (unpaired) electrons. The molecule has 5 nitrogen and oxygen atoms in total. The van der Waals surface area contributed by atoms with Crippen molar-refractivity contribution >= 4 is 5.91 Å². The molecule has 1 N–H and O–H groups in total. The number of hydrogen-bond acceptors (Lipinski definition) is 3. The van der Waals surface area contributed by atoms with Crippen molar-refractivity contribution in [3.8, 4) is 0 Å². The Morgan fingerprint density at radius 1 is 1.53 bits per heavy atom. The molecule has 1 saturated heterocycles. The van der Waals surface area contributed by atoms with Gasteiger partial charge in [0.2, 0.25) is 5.91 Å². The van der Waals surface area contributed by atoms with E-state index in [2.05, 4.69) is 22.1 Å². The zero-order valence-electron chi connectivity index (χ0n) is 11.9. The van der Waals surface area contributed by atoms with Crippen molar-refractivity contribution in [1.82, 2.24) is 19.8 Å². The normalized spacial score (nSPS) is 20.4. The van der Waals surface area contributed by atoms with E-state index >= 15 is 0 Å². The molecule has 0 bridgehead atoms. The molecule has 19 heavy (non-hydrogen) atoms. The predicted octanol–water partition coefficient (Wildman–Crippen LogP) is 1.30. The summed E-state index contributed by atoms with van der Waals surface area (Å²) in [5.41, 5.74) is 0. The van der Waals surface area contributed by atoms with E-state index in [1.165, 1.54) is 19.3 Å². The van der Waals surface area contributed by atoms with Crippen LogP contribution >= 0.6 is 0 Å². The fraction of sp³-hybridized carbons (Fsp3) is 0.714. The first-order valence-corrected chi connectivity index (χ1v) is 7.17. The summed E-state index contributed by atoms with van der Waals surface area (Å²) in [5, 5.41) is 2.95. The smallest absolute Gasteiger partial charge is 0.234 e. The van der Waals surface area contributed by atoms with Gasteiger partial charge in [0.25, 0.3) is 0 Å². The van der Waals surface area contributed by atoms with Crippen LogP contribution in [0.15, 0.2) is 12.4 Å². The minimum atomic E-state index is 0.100. The van der Waals surface area contributed by atoms with Crippen LogP contribution in [0, 0.1) is 0 Å². The van der Waals surface area contributed by atoms with Crippen molar-refractivity contribution in [1.29, 1.82) is 0 Å². The van der Waals surface area contributed by atoms with Gasteiger partial charge in [-0.25, -0.2) is 4.98 Å². The van der Waals surface area contributed by atoms with Gasteiger partial charge in [0.15, 0.2) is 0 Å². The van der Waals surface area contributed by atoms with E-state index in [0.29, 0.717) is 19.1 Å². The van der Waals surface area contributed by atoms with Gasteiger partial charge in [0, 0.05) is 25.5 Å². The number of carbonyl (C=O) groups excluding carboxylic acids is 1. The number of aryl methyl sites for hydroxylation is 1. The third-order valence-electron chi connectivity index (χ3n) is 3.93. The number of amides is 1. The van der Waals surface area contributed by atoms with E-state index in [1.54, 1.807) is 6.20 Å². The van der Waals surface area contributed by atoms with Crippen molar-refractivity contribution in [2.45, 2.75) is 45.2 Å². The molecule has 1 unspecified atom stereocenters. The van der Waals surface area contributed by atoms with Crippen LogP contribution in [0.3, 0.4) is 0 Å². The van der Waals surface area contributed by atoms with Gasteiger partial charge in [-0.05, 0) is 25.8 Å². The SMILES string of the molecule is CCC1CCCCN1CC(=O)NCc1nccn1C. The van der Waals surface area contributed by atoms with E-state index in [0.717, 1.165) is 18.8 Å². The van der Waals surface area contributed by atoms with Gasteiger partial charge in [-0.15, -0.1) is 0 Å². The second kappa shape index (κ2) is 6.70. The lowest BCUT2D eigenvalue weighted by Gasteiger charge is -2.34. The minimum Gasteiger partial charge on any atom is -0.348 e. The largest absolute Gasteiger partial charge is 0.348 e. The first-order valence-electron chi connectivity index (χ1n) is 7.17. The second-order valence-corrected chi connectivity index (χ2v) is 5.26. The van der Waals surface area contributed by atoms with Crippen molar-refractivity contribution in [2.75, 3.05) is 13.1 Å². The minimum absolute atomic E-state index is 0.100. The maximum atomic E-state index is 12.0. The topological polar surface area (TPSA) is 50.2 Å². The van der Waals surface area contributed by atoms with E-state index in [9.17, 15) is 4.79 Å². The van der Waals surface area contributed by atoms with Gasteiger partial charge in [-0.2, -0.15) is 0 Å². The Bertz CT molecular complexity index is 415. The molecule has 2 heterocycles. The molecule has 2 rings (SSSR count). The molecule has 0 aromatic carbocycles. The van der Waals surface area contributed by atoms with Crippen LogP contribution in [-0.4, -0.2) is 39.5 Å². The molecule has 1 aromatic heterocycles. The van der Waals surface area contributed by atoms with E-state index in [1.807, 2.05) is 17.8 Å². The summed E-state index contributed by atoms with van der Waals surface area (Å²) in [5.74, 6) is 0.988. The molecule has 1 fully saturated rings. The van der Waals surface area contributed by atoms with Crippen molar-refractivity contribution in [2.24, 2.45) is 7.05 Å². The highest BCUT2D eigenvalue weighted by atomic mass is 16.2. The predicted molar refractivity (Wildman–Crippen MR) is 74.6 cm³/mol. The molecule has 106 valence electrons. The van der Waals surface area contributed by atoms with Crippen LogP contribution in [0.25, 0.3) is 0 Å². The molecule has 1 aromatic rings. The Hall–Kier alpha value is -1.36. The lowest BCUT2D eigenvalue weighted by atomic mass is 10.0. The molecule has 1 amide bonds. The van der Waals surface area contributed by atoms with Crippen LogP contribution < -0.4 is 5.32 Å². The van der Waals surface area contributed by atoms with Gasteiger partial charge in [0.05, 0.1) is 13.1 Å². The monoisotopic (exact) mass is 264 g/mol. The van der Waals surface area contributed by atoms with Crippen LogP contribution in [0.5, 0.6) is 0 Å². The van der Waals surface area contributed by atoms with Gasteiger partial charge >= 0.3 is 0 Å². The number of rotatable bonds is 5. The Balaban J connectivity index is 1.79. The first-order chi connectivity index (χ1) is 9.20. The molecule has 5 heteroatoms. The number of imidazole rings is 1. The van der Waals surface area contributed by atoms with Crippen LogP contribution in [0.1, 0.15) is 38.4 Å². The summed E-state index contributed by atoms with van der Waals surface area (Å²) in [6, 6.07) is 0.577. The molecule has 0 aliphatic carbocycles. The van der Waals surface area contributed by atoms with Crippen LogP contribution in [0.4, 0.5) is 0 Å². The van der Waals surface area contributed by atoms with Gasteiger partial charge in [0.1, 0.15) is 5.82 Å². The summed E-state index contributed by atoms with van der Waals surface area (Å²) < 4.78 is 1.93. The fourth-order valence-corrected chi connectivity index (χ4v) is 2.72. The standard InChI is InChI=1S/C14H24N4O/c1-3-12-6-4-5-8-18(12)11-14(19)16-10-13-15-7-9-17(13)2/h7,9,12H,3-6,8,10-11H2,1-2H3,(H,16,19). The summed E-state index contributed by atoms with van der Waals surface area (Å²) in [6.45, 7) is 4.28. The summed E-state index contributed by atoms with van der Waals surface area (Å²) in [7, 11) is 1.94. The summed E-state index contributed by atoms with van der Waals surface area (Å²) >= 11 is 0. The quantitative estimate of drug-likeness (QED) is 0.872. The number of hydrogen-bond donors (Lipinski definition) is 1. The zero-order chi connectivity index (χ0) is 13.7. The third-order valence-corrected chi connectivity index (χ3v) is 3.93. The highest BCUT2D eigenvalue weighted by molar-refractivity contribution is 5.77. The molecule has 1 aliphatic rings. The number of piperidine rings is 1. The van der Waals surface area contributed by atoms with Crippen molar-refractivity contribution in [3.63, 3.8) is 0 Å². The van der Waals surface area contributed by atoms with Crippen molar-refractivity contribution in [3.05, 3.63) is 18.2 Å². The Labute approximate surface area is 115 Å². The summed E-state index contributed by atoms with van der Waals surface area (Å²) in [4.78, 5) is 18.5. The number of nitrogens with one attached hydrogen (secondary N) is 1. The number of carbonyl (C=O) groups is 1. The van der Waals surface area contributed by atoms with Crippen LogP contribution in [0.2, 0.25) is 0 Å². The highest BCUT2D eigenvalue weighted by Crippen LogP contribution is 2.18. The average molecular weight is 264 g/mol. The van der Waals surface area contributed by atoms with Crippen LogP contribution in [-0.2, 0) is 18.4 Å². The van der Waals surface area contributed by atoms with E-state index in [-0.39, 0.29) is 5.91 Å². The third kappa shape index (κ3) is 3.80. The lowest BCUT2D eigenvalue weighted by molar-refractivity contribution is -0.123. The zero-order valence-corrected chi connectivity index (χ0v) is 11.9. The highest BCUT2D eigenvalue weighted by Gasteiger charge is 2.22. The molecular formula is C14H24N4O. The maximum absolute atomic E-state index is 12.0. The van der Waals surface area contributed by atoms with Gasteiger partial charge in [-0.3, -0.25) is 9.69 Å². The first kappa shape index (κ1) is 14.1. The Kier molecular flexibility index (Phi) is 4.96. The van der Waals surface area contributed by atoms with E-state index < -0.39 is 0 Å². The fourth-order valence-electron chi connectivity index (χ4n) is 2.72. The number of likely N-dealkylation sites (tertiary alicyclic amines) is 1. The lowest BCUT2D eigenvalue weighted by Crippen LogP contribution is -2.45. The van der Waals surface area contributed by atoms with Gasteiger partial charge < -0.3 is 9.88 Å². The average Bonchev–Trinajstić information content (AvgIpc) is 2.82.